The van der Waals surface area contributed by atoms with Gasteiger partial charge in [-0.1, -0.05) is 29.3 Å². The number of esters is 1. The quantitative estimate of drug-likeness (QED) is 0.360. The summed E-state index contributed by atoms with van der Waals surface area (Å²) >= 11 is 12.2. The van der Waals surface area contributed by atoms with Gasteiger partial charge in [-0.15, -0.1) is 5.10 Å². The van der Waals surface area contributed by atoms with Crippen LogP contribution >= 0.6 is 23.2 Å². The molecule has 0 bridgehead atoms. The SMILES string of the molecule is COC(=O)C(C)Oc1cc(Cl)ccc1COc1ccc(-c2c(Cl)c(OC(F)F)nn2C)cc1. The van der Waals surface area contributed by atoms with Crippen molar-refractivity contribution in [1.82, 2.24) is 9.78 Å². The second-order valence-electron chi connectivity index (χ2n) is 6.82. The van der Waals surface area contributed by atoms with Crippen LogP contribution in [0.3, 0.4) is 0 Å². The third kappa shape index (κ3) is 6.06. The van der Waals surface area contributed by atoms with Gasteiger partial charge in [-0.3, -0.25) is 4.68 Å². The number of aromatic nitrogens is 2. The maximum Gasteiger partial charge on any atom is 0.388 e. The number of halogens is 4. The van der Waals surface area contributed by atoms with Crippen LogP contribution in [0.25, 0.3) is 11.3 Å². The van der Waals surface area contributed by atoms with Gasteiger partial charge in [-0.05, 0) is 43.3 Å². The van der Waals surface area contributed by atoms with E-state index in [4.69, 9.17) is 32.7 Å². The highest BCUT2D eigenvalue weighted by Crippen LogP contribution is 2.36. The molecule has 0 fully saturated rings. The van der Waals surface area contributed by atoms with Crippen LogP contribution in [0.5, 0.6) is 17.4 Å². The van der Waals surface area contributed by atoms with E-state index in [0.29, 0.717) is 33.3 Å². The highest BCUT2D eigenvalue weighted by atomic mass is 35.5. The van der Waals surface area contributed by atoms with E-state index in [1.807, 2.05) is 0 Å². The Morgan fingerprint density at radius 1 is 1.12 bits per heavy atom. The molecule has 7 nitrogen and oxygen atoms in total. The lowest BCUT2D eigenvalue weighted by Gasteiger charge is -2.16. The first-order chi connectivity index (χ1) is 15.7. The molecule has 0 aliphatic heterocycles. The minimum absolute atomic E-state index is 0.0193. The summed E-state index contributed by atoms with van der Waals surface area (Å²) in [4.78, 5) is 11.7. The molecule has 33 heavy (non-hydrogen) atoms. The fourth-order valence-electron chi connectivity index (χ4n) is 2.98. The first-order valence-electron chi connectivity index (χ1n) is 9.63. The number of aryl methyl sites for hydroxylation is 1. The summed E-state index contributed by atoms with van der Waals surface area (Å²) in [6, 6.07) is 11.8. The average Bonchev–Trinajstić information content (AvgIpc) is 3.05. The number of alkyl halides is 2. The number of hydrogen-bond donors (Lipinski definition) is 0. The summed E-state index contributed by atoms with van der Waals surface area (Å²) < 4.78 is 46.9. The van der Waals surface area contributed by atoms with E-state index < -0.39 is 18.7 Å². The van der Waals surface area contributed by atoms with Crippen molar-refractivity contribution < 1.29 is 32.5 Å². The van der Waals surface area contributed by atoms with Gasteiger partial charge in [-0.25, -0.2) is 4.79 Å². The molecule has 0 aliphatic carbocycles. The van der Waals surface area contributed by atoms with Gasteiger partial charge in [0.2, 0.25) is 0 Å². The predicted molar refractivity (Wildman–Crippen MR) is 118 cm³/mol. The molecule has 0 aliphatic rings. The fraction of sp³-hybridized carbons (Fsp3) is 0.273. The lowest BCUT2D eigenvalue weighted by Crippen LogP contribution is -2.25. The van der Waals surface area contributed by atoms with Crippen LogP contribution < -0.4 is 14.2 Å². The van der Waals surface area contributed by atoms with Gasteiger partial charge in [0.1, 0.15) is 23.1 Å². The number of hydrogen-bond acceptors (Lipinski definition) is 6. The van der Waals surface area contributed by atoms with Crippen LogP contribution in [-0.2, 0) is 23.2 Å². The maximum absolute atomic E-state index is 12.5. The largest absolute Gasteiger partial charge is 0.489 e. The van der Waals surface area contributed by atoms with Crippen molar-refractivity contribution in [2.24, 2.45) is 7.05 Å². The Morgan fingerprint density at radius 2 is 1.82 bits per heavy atom. The molecule has 2 aromatic carbocycles. The molecule has 11 heteroatoms. The Morgan fingerprint density at radius 3 is 2.45 bits per heavy atom. The van der Waals surface area contributed by atoms with E-state index in [1.54, 1.807) is 56.4 Å². The Kier molecular flexibility index (Phi) is 7.99. The number of methoxy groups -OCH3 is 1. The predicted octanol–water partition coefficient (Wildman–Crippen LogP) is 5.51. The van der Waals surface area contributed by atoms with Crippen LogP contribution in [0.1, 0.15) is 12.5 Å². The number of benzene rings is 2. The number of rotatable bonds is 9. The van der Waals surface area contributed by atoms with E-state index in [-0.39, 0.29) is 17.5 Å². The number of nitrogens with zero attached hydrogens (tertiary/aromatic N) is 2. The number of carbonyl (C=O) groups excluding carboxylic acids is 1. The highest BCUT2D eigenvalue weighted by Gasteiger charge is 2.20. The van der Waals surface area contributed by atoms with Crippen molar-refractivity contribution in [3.63, 3.8) is 0 Å². The van der Waals surface area contributed by atoms with E-state index >= 15 is 0 Å². The fourth-order valence-corrected chi connectivity index (χ4v) is 3.45. The molecule has 3 aromatic rings. The second-order valence-corrected chi connectivity index (χ2v) is 7.63. The molecular weight excluding hydrogens is 481 g/mol. The van der Waals surface area contributed by atoms with E-state index in [1.165, 1.54) is 11.8 Å². The van der Waals surface area contributed by atoms with E-state index in [0.717, 1.165) is 0 Å². The van der Waals surface area contributed by atoms with Crippen molar-refractivity contribution >= 4 is 29.2 Å². The van der Waals surface area contributed by atoms with E-state index in [2.05, 4.69) is 14.6 Å². The van der Waals surface area contributed by atoms with Crippen molar-refractivity contribution in [2.75, 3.05) is 7.11 Å². The average molecular weight is 501 g/mol. The first-order valence-corrected chi connectivity index (χ1v) is 10.4. The Labute approximate surface area is 198 Å². The monoisotopic (exact) mass is 500 g/mol. The number of carbonyl (C=O) groups is 1. The van der Waals surface area contributed by atoms with Gasteiger partial charge < -0.3 is 18.9 Å². The zero-order valence-corrected chi connectivity index (χ0v) is 19.4. The Balaban J connectivity index is 1.73. The number of ether oxygens (including phenoxy) is 4. The molecule has 0 saturated carbocycles. The third-order valence-electron chi connectivity index (χ3n) is 4.55. The maximum atomic E-state index is 12.5. The van der Waals surface area contributed by atoms with Crippen molar-refractivity contribution in [2.45, 2.75) is 26.2 Å². The molecule has 0 N–H and O–H groups in total. The zero-order chi connectivity index (χ0) is 24.1. The molecule has 0 amide bonds. The molecule has 1 unspecified atom stereocenters. The van der Waals surface area contributed by atoms with E-state index in [9.17, 15) is 13.6 Å². The molecule has 1 aromatic heterocycles. The molecule has 3 rings (SSSR count). The summed E-state index contributed by atoms with van der Waals surface area (Å²) in [5, 5.41) is 4.30. The highest BCUT2D eigenvalue weighted by molar-refractivity contribution is 6.34. The summed E-state index contributed by atoms with van der Waals surface area (Å²) in [6.45, 7) is -1.32. The van der Waals surface area contributed by atoms with Gasteiger partial charge in [0.15, 0.2) is 6.10 Å². The molecular formula is C22H20Cl2F2N2O5. The van der Waals surface area contributed by atoms with Gasteiger partial charge in [-0.2, -0.15) is 8.78 Å². The van der Waals surface area contributed by atoms with Crippen molar-refractivity contribution in [3.05, 3.63) is 58.1 Å². The van der Waals surface area contributed by atoms with Crippen LogP contribution in [0.4, 0.5) is 8.78 Å². The first kappa shape index (κ1) is 24.6. The van der Waals surface area contributed by atoms with Crippen LogP contribution in [0, 0.1) is 0 Å². The molecule has 0 spiro atoms. The van der Waals surface area contributed by atoms with Crippen molar-refractivity contribution in [3.8, 4) is 28.6 Å². The molecule has 0 radical (unpaired) electrons. The molecule has 176 valence electrons. The molecule has 0 saturated heterocycles. The lowest BCUT2D eigenvalue weighted by molar-refractivity contribution is -0.147. The summed E-state index contributed by atoms with van der Waals surface area (Å²) in [6.07, 6.45) is -0.825. The minimum atomic E-state index is -3.03. The van der Waals surface area contributed by atoms with Crippen LogP contribution in [0.15, 0.2) is 42.5 Å². The smallest absolute Gasteiger partial charge is 0.388 e. The topological polar surface area (TPSA) is 71.8 Å². The minimum Gasteiger partial charge on any atom is -0.489 e. The normalized spacial score (nSPS) is 11.9. The van der Waals surface area contributed by atoms with Gasteiger partial charge in [0.25, 0.3) is 5.88 Å². The standard InChI is InChI=1S/C22H20Cl2F2N2O5/c1-12(21(29)30-3)32-17-10-15(23)7-4-14(17)11-31-16-8-5-13(6-9-16)19-18(24)20(27-28(19)2)33-22(25)26/h4-10,12,22H,11H2,1-3H3. The van der Waals surface area contributed by atoms with Gasteiger partial charge >= 0.3 is 12.6 Å². The third-order valence-corrected chi connectivity index (χ3v) is 5.12. The molecule has 1 heterocycles. The van der Waals surface area contributed by atoms with Gasteiger partial charge in [0.05, 0.1) is 12.8 Å². The second kappa shape index (κ2) is 10.7. The summed E-state index contributed by atoms with van der Waals surface area (Å²) in [5.74, 6) is 0.0579. The molecule has 1 atom stereocenters. The zero-order valence-electron chi connectivity index (χ0n) is 17.9. The van der Waals surface area contributed by atoms with Crippen LogP contribution in [0.2, 0.25) is 10.0 Å². The van der Waals surface area contributed by atoms with Gasteiger partial charge in [0, 0.05) is 23.2 Å². The van der Waals surface area contributed by atoms with Crippen LogP contribution in [-0.4, -0.2) is 35.6 Å². The summed E-state index contributed by atoms with van der Waals surface area (Å²) in [7, 11) is 2.85. The van der Waals surface area contributed by atoms with Crippen molar-refractivity contribution in [1.29, 1.82) is 0 Å². The Bertz CT molecular complexity index is 1120. The lowest BCUT2D eigenvalue weighted by atomic mass is 10.1. The Hall–Kier alpha value is -3.04. The summed E-state index contributed by atoms with van der Waals surface area (Å²) in [5.41, 5.74) is 1.72.